The van der Waals surface area contributed by atoms with Crippen LogP contribution in [0.2, 0.25) is 0 Å². The minimum Gasteiger partial charge on any atom is -0.456 e. The zero-order valence-electron chi connectivity index (χ0n) is 9.50. The third kappa shape index (κ3) is 6.66. The summed E-state index contributed by atoms with van der Waals surface area (Å²) < 4.78 is 10.5. The normalized spacial score (nSPS) is 11.5. The number of ether oxygens (including phenoxy) is 2. The quantitative estimate of drug-likeness (QED) is 0.487. The van der Waals surface area contributed by atoms with Gasteiger partial charge in [-0.25, -0.2) is 4.79 Å². The minimum absolute atomic E-state index is 0.209. The van der Waals surface area contributed by atoms with Gasteiger partial charge in [0.2, 0.25) is 0 Å². The van der Waals surface area contributed by atoms with Gasteiger partial charge >= 0.3 is 5.97 Å². The van der Waals surface area contributed by atoms with Crippen LogP contribution in [0.3, 0.4) is 0 Å². The van der Waals surface area contributed by atoms with E-state index in [1.807, 2.05) is 27.7 Å². The highest BCUT2D eigenvalue weighted by Crippen LogP contribution is 2.15. The van der Waals surface area contributed by atoms with E-state index in [9.17, 15) is 4.79 Å². The van der Waals surface area contributed by atoms with Gasteiger partial charge in [0.25, 0.3) is 0 Å². The highest BCUT2D eigenvalue weighted by molar-refractivity contribution is 5.81. The van der Waals surface area contributed by atoms with Crippen molar-refractivity contribution in [2.75, 3.05) is 6.61 Å². The van der Waals surface area contributed by atoms with Gasteiger partial charge in [-0.1, -0.05) is 6.58 Å². The largest absolute Gasteiger partial charge is 0.456 e. The zero-order chi connectivity index (χ0) is 11.2. The predicted molar refractivity (Wildman–Crippen MR) is 56.1 cm³/mol. The van der Waals surface area contributed by atoms with Gasteiger partial charge in [0, 0.05) is 12.5 Å². The van der Waals surface area contributed by atoms with Crippen molar-refractivity contribution in [2.45, 2.75) is 45.8 Å². The summed E-state index contributed by atoms with van der Waals surface area (Å²) in [5, 5.41) is 0. The van der Waals surface area contributed by atoms with Crippen molar-refractivity contribution < 1.29 is 14.3 Å². The van der Waals surface area contributed by atoms with Crippen molar-refractivity contribution in [3.8, 4) is 0 Å². The molecule has 0 aromatic carbocycles. The Morgan fingerprint density at radius 1 is 1.50 bits per heavy atom. The van der Waals surface area contributed by atoms with Gasteiger partial charge < -0.3 is 9.47 Å². The van der Waals surface area contributed by atoms with Crippen LogP contribution in [-0.2, 0) is 14.3 Å². The number of hydrogen-bond acceptors (Lipinski definition) is 3. The molecular formula is C11H20O3. The van der Waals surface area contributed by atoms with Crippen LogP contribution >= 0.6 is 0 Å². The monoisotopic (exact) mass is 200 g/mol. The number of esters is 1. The van der Waals surface area contributed by atoms with E-state index in [0.29, 0.717) is 13.0 Å². The third-order valence-corrected chi connectivity index (χ3v) is 1.70. The second-order valence-electron chi connectivity index (χ2n) is 4.05. The summed E-state index contributed by atoms with van der Waals surface area (Å²) in [5.41, 5.74) is -0.486. The van der Waals surface area contributed by atoms with Crippen molar-refractivity contribution in [1.82, 2.24) is 0 Å². The number of carbonyl (C=O) groups is 1. The molecule has 0 aromatic heterocycles. The second kappa shape index (κ2) is 5.81. The first-order chi connectivity index (χ1) is 6.37. The van der Waals surface area contributed by atoms with Crippen LogP contribution in [0.4, 0.5) is 0 Å². The molecule has 82 valence electrons. The molecule has 14 heavy (non-hydrogen) atoms. The maximum absolute atomic E-state index is 10.9. The van der Waals surface area contributed by atoms with Crippen molar-refractivity contribution in [2.24, 2.45) is 0 Å². The second-order valence-corrected chi connectivity index (χ2v) is 4.05. The molecular weight excluding hydrogens is 180 g/mol. The molecule has 3 heteroatoms. The molecule has 0 unspecified atom stereocenters. The maximum Gasteiger partial charge on any atom is 0.330 e. The lowest BCUT2D eigenvalue weighted by atomic mass is 10.1. The van der Waals surface area contributed by atoms with E-state index in [1.165, 1.54) is 6.08 Å². The summed E-state index contributed by atoms with van der Waals surface area (Å²) in [6.07, 6.45) is 2.07. The smallest absolute Gasteiger partial charge is 0.330 e. The van der Waals surface area contributed by atoms with E-state index in [0.717, 1.165) is 0 Å². The Labute approximate surface area is 86.1 Å². The summed E-state index contributed by atoms with van der Waals surface area (Å²) in [7, 11) is 0. The van der Waals surface area contributed by atoms with E-state index < -0.39 is 5.60 Å². The summed E-state index contributed by atoms with van der Waals surface area (Å²) in [4.78, 5) is 10.9. The summed E-state index contributed by atoms with van der Waals surface area (Å²) >= 11 is 0. The first-order valence-electron chi connectivity index (χ1n) is 4.84. The fourth-order valence-electron chi connectivity index (χ4n) is 0.905. The van der Waals surface area contributed by atoms with Crippen LogP contribution in [-0.4, -0.2) is 24.3 Å². The Hall–Kier alpha value is -0.830. The molecule has 3 nitrogen and oxygen atoms in total. The van der Waals surface area contributed by atoms with E-state index in [-0.39, 0.29) is 12.1 Å². The van der Waals surface area contributed by atoms with Gasteiger partial charge in [0.05, 0.1) is 12.7 Å². The van der Waals surface area contributed by atoms with Crippen molar-refractivity contribution in [3.05, 3.63) is 12.7 Å². The molecule has 0 bridgehead atoms. The zero-order valence-corrected chi connectivity index (χ0v) is 9.50. The Bertz CT molecular complexity index is 195. The topological polar surface area (TPSA) is 35.5 Å². The van der Waals surface area contributed by atoms with Gasteiger partial charge in [-0.05, 0) is 27.7 Å². The standard InChI is InChI=1S/C11H20O3/c1-6-10(12)14-11(4,5)7-8-13-9(2)3/h6,9H,1,7-8H2,2-5H3. The highest BCUT2D eigenvalue weighted by atomic mass is 16.6. The molecule has 0 aliphatic carbocycles. The molecule has 0 saturated carbocycles. The minimum atomic E-state index is -0.486. The molecule has 0 aliphatic heterocycles. The summed E-state index contributed by atoms with van der Waals surface area (Å²) in [6, 6.07) is 0. The number of carbonyl (C=O) groups excluding carboxylic acids is 1. The average molecular weight is 200 g/mol. The number of rotatable bonds is 6. The van der Waals surface area contributed by atoms with Gasteiger partial charge in [-0.3, -0.25) is 0 Å². The Balaban J connectivity index is 3.82. The predicted octanol–water partition coefficient (Wildman–Crippen LogP) is 2.31. The molecule has 0 heterocycles. The lowest BCUT2D eigenvalue weighted by Crippen LogP contribution is -2.29. The summed E-state index contributed by atoms with van der Waals surface area (Å²) in [5.74, 6) is -0.389. The van der Waals surface area contributed by atoms with Crippen LogP contribution in [0.5, 0.6) is 0 Å². The van der Waals surface area contributed by atoms with Crippen LogP contribution in [0, 0.1) is 0 Å². The van der Waals surface area contributed by atoms with Crippen LogP contribution < -0.4 is 0 Å². The lowest BCUT2D eigenvalue weighted by molar-refractivity contribution is -0.151. The Kier molecular flexibility index (Phi) is 5.46. The third-order valence-electron chi connectivity index (χ3n) is 1.70. The molecule has 0 rings (SSSR count). The molecule has 0 radical (unpaired) electrons. The molecule has 0 atom stereocenters. The van der Waals surface area contributed by atoms with Crippen LogP contribution in [0.15, 0.2) is 12.7 Å². The highest BCUT2D eigenvalue weighted by Gasteiger charge is 2.21. The van der Waals surface area contributed by atoms with Crippen molar-refractivity contribution in [1.29, 1.82) is 0 Å². The van der Waals surface area contributed by atoms with E-state index in [1.54, 1.807) is 0 Å². The lowest BCUT2D eigenvalue weighted by Gasteiger charge is -2.24. The first-order valence-corrected chi connectivity index (χ1v) is 4.84. The van der Waals surface area contributed by atoms with Gasteiger partial charge in [0.15, 0.2) is 0 Å². The fraction of sp³-hybridized carbons (Fsp3) is 0.727. The Morgan fingerprint density at radius 2 is 2.07 bits per heavy atom. The molecule has 0 amide bonds. The van der Waals surface area contributed by atoms with Gasteiger partial charge in [-0.2, -0.15) is 0 Å². The van der Waals surface area contributed by atoms with Crippen molar-refractivity contribution >= 4 is 5.97 Å². The van der Waals surface area contributed by atoms with Gasteiger partial charge in [0.1, 0.15) is 5.60 Å². The Morgan fingerprint density at radius 3 is 2.50 bits per heavy atom. The molecule has 0 aliphatic rings. The number of hydrogen-bond donors (Lipinski definition) is 0. The van der Waals surface area contributed by atoms with E-state index in [2.05, 4.69) is 6.58 Å². The fourth-order valence-corrected chi connectivity index (χ4v) is 0.905. The first kappa shape index (κ1) is 13.2. The molecule has 0 fully saturated rings. The maximum atomic E-state index is 10.9. The summed E-state index contributed by atoms with van der Waals surface area (Å²) in [6.45, 7) is 11.6. The molecule has 0 N–H and O–H groups in total. The molecule has 0 aromatic rings. The SMILES string of the molecule is C=CC(=O)OC(C)(C)CCOC(C)C. The molecule has 0 saturated heterocycles. The van der Waals surface area contributed by atoms with Crippen LogP contribution in [0.1, 0.15) is 34.1 Å². The van der Waals surface area contributed by atoms with Crippen molar-refractivity contribution in [3.63, 3.8) is 0 Å². The van der Waals surface area contributed by atoms with E-state index in [4.69, 9.17) is 9.47 Å². The molecule has 0 spiro atoms. The van der Waals surface area contributed by atoms with Gasteiger partial charge in [-0.15, -0.1) is 0 Å². The average Bonchev–Trinajstić information content (AvgIpc) is 2.02. The van der Waals surface area contributed by atoms with E-state index >= 15 is 0 Å². The van der Waals surface area contributed by atoms with Crippen LogP contribution in [0.25, 0.3) is 0 Å².